The summed E-state index contributed by atoms with van der Waals surface area (Å²) in [6.45, 7) is 5.63. The van der Waals surface area contributed by atoms with Crippen molar-refractivity contribution in [2.24, 2.45) is 0 Å². The van der Waals surface area contributed by atoms with Gasteiger partial charge in [0.2, 0.25) is 5.95 Å². The molecule has 0 radical (unpaired) electrons. The number of para-hydroxylation sites is 2. The van der Waals surface area contributed by atoms with Gasteiger partial charge in [0, 0.05) is 37.7 Å². The SMILES string of the molecule is CCn1c(N2CCN(C(=O)Nc3cc(Cl)ccc3Cl)CC2)nc2ccccc21. The van der Waals surface area contributed by atoms with Gasteiger partial charge in [-0.05, 0) is 37.3 Å². The number of aryl methyl sites for hydroxylation is 1. The molecule has 2 amide bonds. The first-order chi connectivity index (χ1) is 13.6. The van der Waals surface area contributed by atoms with Gasteiger partial charge in [-0.25, -0.2) is 9.78 Å². The van der Waals surface area contributed by atoms with E-state index in [1.54, 1.807) is 23.1 Å². The fraction of sp³-hybridized carbons (Fsp3) is 0.300. The highest BCUT2D eigenvalue weighted by atomic mass is 35.5. The summed E-state index contributed by atoms with van der Waals surface area (Å²) in [7, 11) is 0. The van der Waals surface area contributed by atoms with Crippen LogP contribution in [-0.4, -0.2) is 46.7 Å². The molecule has 8 heteroatoms. The molecule has 1 aliphatic heterocycles. The molecule has 3 aromatic rings. The van der Waals surface area contributed by atoms with Crippen LogP contribution in [0.3, 0.4) is 0 Å². The van der Waals surface area contributed by atoms with Crippen molar-refractivity contribution >= 4 is 51.9 Å². The van der Waals surface area contributed by atoms with E-state index in [9.17, 15) is 4.79 Å². The summed E-state index contributed by atoms with van der Waals surface area (Å²) in [5, 5.41) is 3.85. The average Bonchev–Trinajstić information content (AvgIpc) is 3.09. The number of fused-ring (bicyclic) bond motifs is 1. The van der Waals surface area contributed by atoms with Crippen LogP contribution in [0.25, 0.3) is 11.0 Å². The maximum absolute atomic E-state index is 12.6. The predicted octanol–water partition coefficient (Wildman–Crippen LogP) is 4.72. The molecule has 2 heterocycles. The molecule has 0 unspecified atom stereocenters. The van der Waals surface area contributed by atoms with E-state index in [0.29, 0.717) is 28.8 Å². The van der Waals surface area contributed by atoms with Crippen LogP contribution in [0.2, 0.25) is 10.0 Å². The zero-order valence-corrected chi connectivity index (χ0v) is 17.0. The van der Waals surface area contributed by atoms with Crippen LogP contribution in [0.1, 0.15) is 6.92 Å². The topological polar surface area (TPSA) is 53.4 Å². The number of imidazole rings is 1. The number of rotatable bonds is 3. The van der Waals surface area contributed by atoms with E-state index >= 15 is 0 Å². The lowest BCUT2D eigenvalue weighted by Gasteiger charge is -2.35. The first kappa shape index (κ1) is 18.9. The van der Waals surface area contributed by atoms with Crippen molar-refractivity contribution < 1.29 is 4.79 Å². The van der Waals surface area contributed by atoms with E-state index in [2.05, 4.69) is 27.8 Å². The Balaban J connectivity index is 1.45. The highest BCUT2D eigenvalue weighted by Gasteiger charge is 2.25. The number of halogens is 2. The molecule has 1 N–H and O–H groups in total. The standard InChI is InChI=1S/C20H21Cl2N5O/c1-2-27-18-6-4-3-5-16(18)23-19(27)25-9-11-26(12-10-25)20(28)24-17-13-14(21)7-8-15(17)22/h3-8,13H,2,9-12H2,1H3,(H,24,28). The van der Waals surface area contributed by atoms with Crippen LogP contribution in [0.5, 0.6) is 0 Å². The molecule has 0 spiro atoms. The summed E-state index contributed by atoms with van der Waals surface area (Å²) in [5.74, 6) is 0.960. The molecule has 6 nitrogen and oxygen atoms in total. The summed E-state index contributed by atoms with van der Waals surface area (Å²) >= 11 is 12.1. The first-order valence-electron chi connectivity index (χ1n) is 9.28. The van der Waals surface area contributed by atoms with Crippen LogP contribution in [-0.2, 0) is 6.54 Å². The zero-order valence-electron chi connectivity index (χ0n) is 15.5. The van der Waals surface area contributed by atoms with E-state index in [1.165, 1.54) is 0 Å². The normalized spacial score (nSPS) is 14.5. The molecule has 0 aliphatic carbocycles. The second kappa shape index (κ2) is 7.89. The van der Waals surface area contributed by atoms with Crippen LogP contribution < -0.4 is 10.2 Å². The lowest BCUT2D eigenvalue weighted by Crippen LogP contribution is -2.50. The van der Waals surface area contributed by atoms with E-state index in [1.807, 2.05) is 18.2 Å². The molecule has 1 aromatic heterocycles. The van der Waals surface area contributed by atoms with Gasteiger partial charge in [-0.3, -0.25) is 0 Å². The van der Waals surface area contributed by atoms with Gasteiger partial charge in [0.15, 0.2) is 0 Å². The summed E-state index contributed by atoms with van der Waals surface area (Å²) in [6.07, 6.45) is 0. The molecule has 1 aliphatic rings. The molecular weight excluding hydrogens is 397 g/mol. The number of hydrogen-bond donors (Lipinski definition) is 1. The second-order valence-electron chi connectivity index (χ2n) is 6.67. The van der Waals surface area contributed by atoms with E-state index in [4.69, 9.17) is 28.2 Å². The van der Waals surface area contributed by atoms with Crippen LogP contribution in [0.15, 0.2) is 42.5 Å². The van der Waals surface area contributed by atoms with Gasteiger partial charge in [0.25, 0.3) is 0 Å². The van der Waals surface area contributed by atoms with Crippen molar-refractivity contribution in [3.63, 3.8) is 0 Å². The minimum absolute atomic E-state index is 0.173. The van der Waals surface area contributed by atoms with Crippen molar-refractivity contribution in [1.29, 1.82) is 0 Å². The molecule has 146 valence electrons. The lowest BCUT2D eigenvalue weighted by molar-refractivity contribution is 0.208. The number of aromatic nitrogens is 2. The van der Waals surface area contributed by atoms with E-state index in [-0.39, 0.29) is 6.03 Å². The highest BCUT2D eigenvalue weighted by Crippen LogP contribution is 2.26. The Labute approximate surface area is 173 Å². The largest absolute Gasteiger partial charge is 0.339 e. The Morgan fingerprint density at radius 1 is 1.11 bits per heavy atom. The maximum Gasteiger partial charge on any atom is 0.322 e. The van der Waals surface area contributed by atoms with E-state index < -0.39 is 0 Å². The number of nitrogens with zero attached hydrogens (tertiary/aromatic N) is 4. The van der Waals surface area contributed by atoms with Gasteiger partial charge in [0.05, 0.1) is 21.7 Å². The van der Waals surface area contributed by atoms with Crippen LogP contribution >= 0.6 is 23.2 Å². The number of urea groups is 1. The van der Waals surface area contributed by atoms with Crippen molar-refractivity contribution in [2.75, 3.05) is 36.4 Å². The Morgan fingerprint density at radius 3 is 2.61 bits per heavy atom. The number of piperazine rings is 1. The van der Waals surface area contributed by atoms with Crippen LogP contribution in [0, 0.1) is 0 Å². The first-order valence-corrected chi connectivity index (χ1v) is 10.0. The third-order valence-electron chi connectivity index (χ3n) is 4.97. The van der Waals surface area contributed by atoms with Crippen molar-refractivity contribution in [2.45, 2.75) is 13.5 Å². The lowest BCUT2D eigenvalue weighted by atomic mass is 10.3. The summed E-state index contributed by atoms with van der Waals surface area (Å²) in [4.78, 5) is 21.4. The van der Waals surface area contributed by atoms with Gasteiger partial charge >= 0.3 is 6.03 Å². The fourth-order valence-electron chi connectivity index (χ4n) is 3.51. The number of hydrogen-bond acceptors (Lipinski definition) is 3. The second-order valence-corrected chi connectivity index (χ2v) is 7.52. The third-order valence-corrected chi connectivity index (χ3v) is 5.54. The molecule has 28 heavy (non-hydrogen) atoms. The van der Waals surface area contributed by atoms with Gasteiger partial charge in [-0.15, -0.1) is 0 Å². The van der Waals surface area contributed by atoms with Gasteiger partial charge in [0.1, 0.15) is 0 Å². The smallest absolute Gasteiger partial charge is 0.322 e. The highest BCUT2D eigenvalue weighted by molar-refractivity contribution is 6.35. The molecular formula is C20H21Cl2N5O. The van der Waals surface area contributed by atoms with Crippen molar-refractivity contribution in [1.82, 2.24) is 14.5 Å². The van der Waals surface area contributed by atoms with E-state index in [0.717, 1.165) is 36.6 Å². The minimum Gasteiger partial charge on any atom is -0.339 e. The number of anilines is 2. The predicted molar refractivity (Wildman–Crippen MR) is 115 cm³/mol. The summed E-state index contributed by atoms with van der Waals surface area (Å²) < 4.78 is 2.22. The van der Waals surface area contributed by atoms with Gasteiger partial charge in [-0.2, -0.15) is 0 Å². The monoisotopic (exact) mass is 417 g/mol. The number of nitrogens with one attached hydrogen (secondary N) is 1. The summed E-state index contributed by atoms with van der Waals surface area (Å²) in [5.41, 5.74) is 2.65. The number of carbonyl (C=O) groups is 1. The Morgan fingerprint density at radius 2 is 1.86 bits per heavy atom. The Kier molecular flexibility index (Phi) is 5.33. The molecule has 0 bridgehead atoms. The third kappa shape index (κ3) is 3.62. The summed E-state index contributed by atoms with van der Waals surface area (Å²) in [6, 6.07) is 13.0. The maximum atomic E-state index is 12.6. The zero-order chi connectivity index (χ0) is 19.7. The van der Waals surface area contributed by atoms with Crippen LogP contribution in [0.4, 0.5) is 16.4 Å². The number of amides is 2. The quantitative estimate of drug-likeness (QED) is 0.670. The molecule has 1 saturated heterocycles. The Hall–Kier alpha value is -2.44. The minimum atomic E-state index is -0.173. The molecule has 0 atom stereocenters. The van der Waals surface area contributed by atoms with Crippen molar-refractivity contribution in [3.05, 3.63) is 52.5 Å². The number of benzene rings is 2. The average molecular weight is 418 g/mol. The Bertz CT molecular complexity index is 1010. The molecule has 1 fully saturated rings. The fourth-order valence-corrected chi connectivity index (χ4v) is 3.85. The van der Waals surface area contributed by atoms with Gasteiger partial charge in [-0.1, -0.05) is 35.3 Å². The number of carbonyl (C=O) groups excluding carboxylic acids is 1. The van der Waals surface area contributed by atoms with Gasteiger partial charge < -0.3 is 19.7 Å². The molecule has 0 saturated carbocycles. The van der Waals surface area contributed by atoms with Crippen molar-refractivity contribution in [3.8, 4) is 0 Å². The molecule has 4 rings (SSSR count). The molecule has 2 aromatic carbocycles.